The van der Waals surface area contributed by atoms with Crippen molar-refractivity contribution in [3.05, 3.63) is 90.0 Å². The molecular formula is C28H26F3N3O3S. The molecule has 1 atom stereocenters. The van der Waals surface area contributed by atoms with E-state index in [-0.39, 0.29) is 23.2 Å². The average Bonchev–Trinajstić information content (AvgIpc) is 2.90. The number of ether oxygens (including phenoxy) is 1. The number of aliphatic imine (C=N–C) groups is 1. The quantitative estimate of drug-likeness (QED) is 0.363. The first-order valence-electron chi connectivity index (χ1n) is 11.9. The van der Waals surface area contributed by atoms with Crippen LogP contribution in [-0.4, -0.2) is 40.8 Å². The molecule has 10 heteroatoms. The maximum absolute atomic E-state index is 13.3. The van der Waals surface area contributed by atoms with Crippen molar-refractivity contribution in [3.8, 4) is 5.75 Å². The van der Waals surface area contributed by atoms with Crippen LogP contribution in [0.15, 0.2) is 83.9 Å². The Bertz CT molecular complexity index is 1320. The zero-order valence-corrected chi connectivity index (χ0v) is 21.4. The predicted octanol–water partition coefficient (Wildman–Crippen LogP) is 6.31. The van der Waals surface area contributed by atoms with Gasteiger partial charge >= 0.3 is 6.18 Å². The van der Waals surface area contributed by atoms with Crippen molar-refractivity contribution in [3.63, 3.8) is 0 Å². The number of nitrogens with one attached hydrogen (secondary N) is 1. The summed E-state index contributed by atoms with van der Waals surface area (Å²) in [6, 6.07) is 21.2. The zero-order chi connectivity index (χ0) is 27.1. The summed E-state index contributed by atoms with van der Waals surface area (Å²) >= 11 is 1.07. The zero-order valence-electron chi connectivity index (χ0n) is 20.6. The predicted molar refractivity (Wildman–Crippen MR) is 143 cm³/mol. The SMILES string of the molecule is COc1cccc(NC(=O)C2CC(=O)N(CCCc3ccccc3)C(=Nc3cccc(C(F)(F)F)c3)S2)c1. The van der Waals surface area contributed by atoms with Gasteiger partial charge in [-0.05, 0) is 48.7 Å². The summed E-state index contributed by atoms with van der Waals surface area (Å²) in [5.74, 6) is -0.155. The maximum Gasteiger partial charge on any atom is 0.416 e. The normalized spacial score (nSPS) is 16.9. The summed E-state index contributed by atoms with van der Waals surface area (Å²) in [6.07, 6.45) is -3.25. The van der Waals surface area contributed by atoms with Crippen LogP contribution in [0.3, 0.4) is 0 Å². The number of benzene rings is 3. The molecule has 6 nitrogen and oxygen atoms in total. The van der Waals surface area contributed by atoms with Crippen LogP contribution in [0.2, 0.25) is 0 Å². The van der Waals surface area contributed by atoms with Crippen molar-refractivity contribution in [2.75, 3.05) is 19.0 Å². The number of anilines is 1. The minimum Gasteiger partial charge on any atom is -0.497 e. The van der Waals surface area contributed by atoms with Crippen molar-refractivity contribution in [2.45, 2.75) is 30.7 Å². The van der Waals surface area contributed by atoms with Gasteiger partial charge in [-0.3, -0.25) is 14.5 Å². The third-order valence-corrected chi connectivity index (χ3v) is 7.05. The highest BCUT2D eigenvalue weighted by Gasteiger charge is 2.36. The third-order valence-electron chi connectivity index (χ3n) is 5.86. The Kier molecular flexibility index (Phi) is 8.73. The molecule has 0 bridgehead atoms. The molecule has 0 aliphatic carbocycles. The molecule has 0 spiro atoms. The molecular weight excluding hydrogens is 515 g/mol. The lowest BCUT2D eigenvalue weighted by Gasteiger charge is -2.32. The molecule has 3 aromatic rings. The first-order valence-corrected chi connectivity index (χ1v) is 12.8. The summed E-state index contributed by atoms with van der Waals surface area (Å²) in [6.45, 7) is 0.322. The molecule has 1 N–H and O–H groups in total. The van der Waals surface area contributed by atoms with Gasteiger partial charge in [0.2, 0.25) is 11.8 Å². The molecule has 1 fully saturated rings. The number of carbonyl (C=O) groups is 2. The summed E-state index contributed by atoms with van der Waals surface area (Å²) in [5.41, 5.74) is 0.826. The summed E-state index contributed by atoms with van der Waals surface area (Å²) in [7, 11) is 1.51. The fourth-order valence-corrected chi connectivity index (χ4v) is 5.06. The highest BCUT2D eigenvalue weighted by atomic mass is 32.2. The monoisotopic (exact) mass is 541 g/mol. The summed E-state index contributed by atoms with van der Waals surface area (Å²) < 4.78 is 45.0. The number of carbonyl (C=O) groups excluding carboxylic acids is 2. The van der Waals surface area contributed by atoms with Crippen LogP contribution >= 0.6 is 11.8 Å². The number of amidine groups is 1. The average molecular weight is 542 g/mol. The van der Waals surface area contributed by atoms with Crippen molar-refractivity contribution in [2.24, 2.45) is 4.99 Å². The molecule has 4 rings (SSSR count). The Balaban J connectivity index is 1.56. The van der Waals surface area contributed by atoms with E-state index in [4.69, 9.17) is 4.74 Å². The van der Waals surface area contributed by atoms with E-state index in [2.05, 4.69) is 10.3 Å². The molecule has 38 heavy (non-hydrogen) atoms. The molecule has 1 heterocycles. The van der Waals surface area contributed by atoms with Gasteiger partial charge < -0.3 is 10.1 Å². The fraction of sp³-hybridized carbons (Fsp3) is 0.250. The first-order chi connectivity index (χ1) is 18.2. The largest absolute Gasteiger partial charge is 0.497 e. The second-order valence-corrected chi connectivity index (χ2v) is 9.78. The molecule has 1 aliphatic heterocycles. The van der Waals surface area contributed by atoms with Gasteiger partial charge in [-0.25, -0.2) is 4.99 Å². The standard InChI is InChI=1S/C28H26F3N3O3S/c1-37-23-14-6-13-22(17-23)32-26(36)24-18-25(35)34(15-7-10-19-8-3-2-4-9-19)27(38-24)33-21-12-5-11-20(16-21)28(29,30)31/h2-6,8-9,11-14,16-17,24H,7,10,15,18H2,1H3,(H,32,36). The lowest BCUT2D eigenvalue weighted by Crippen LogP contribution is -2.45. The molecule has 0 radical (unpaired) electrons. The number of thioether (sulfide) groups is 1. The van der Waals surface area contributed by atoms with Crippen LogP contribution in [0, 0.1) is 0 Å². The van der Waals surface area contributed by atoms with E-state index in [0.717, 1.165) is 29.5 Å². The molecule has 0 aromatic heterocycles. The van der Waals surface area contributed by atoms with Crippen LogP contribution in [0.25, 0.3) is 0 Å². The van der Waals surface area contributed by atoms with Gasteiger partial charge in [-0.15, -0.1) is 0 Å². The molecule has 3 aromatic carbocycles. The summed E-state index contributed by atoms with van der Waals surface area (Å²) in [5, 5.41) is 2.18. The number of hydrogen-bond acceptors (Lipinski definition) is 5. The topological polar surface area (TPSA) is 71.0 Å². The third kappa shape index (κ3) is 7.16. The highest BCUT2D eigenvalue weighted by molar-refractivity contribution is 8.15. The smallest absolute Gasteiger partial charge is 0.416 e. The van der Waals surface area contributed by atoms with Gasteiger partial charge in [-0.1, -0.05) is 54.2 Å². The molecule has 2 amide bonds. The molecule has 1 aliphatic rings. The lowest BCUT2D eigenvalue weighted by atomic mass is 10.1. The number of nitrogens with zero attached hydrogens (tertiary/aromatic N) is 2. The van der Waals surface area contributed by atoms with E-state index in [9.17, 15) is 22.8 Å². The van der Waals surface area contributed by atoms with E-state index in [1.807, 2.05) is 30.3 Å². The fourth-order valence-electron chi connectivity index (χ4n) is 3.93. The number of methoxy groups -OCH3 is 1. The van der Waals surface area contributed by atoms with E-state index in [1.54, 1.807) is 24.3 Å². The minimum atomic E-state index is -4.53. The molecule has 1 unspecified atom stereocenters. The van der Waals surface area contributed by atoms with E-state index < -0.39 is 22.9 Å². The maximum atomic E-state index is 13.3. The first kappa shape index (κ1) is 27.3. The van der Waals surface area contributed by atoms with Crippen molar-refractivity contribution in [1.82, 2.24) is 4.90 Å². The van der Waals surface area contributed by atoms with E-state index >= 15 is 0 Å². The van der Waals surface area contributed by atoms with Crippen LogP contribution in [0.5, 0.6) is 5.75 Å². The highest BCUT2D eigenvalue weighted by Crippen LogP contribution is 2.34. The van der Waals surface area contributed by atoms with Gasteiger partial charge in [-0.2, -0.15) is 13.2 Å². The van der Waals surface area contributed by atoms with E-state index in [0.29, 0.717) is 30.8 Å². The van der Waals surface area contributed by atoms with Gasteiger partial charge in [0.1, 0.15) is 11.0 Å². The van der Waals surface area contributed by atoms with Gasteiger partial charge in [0, 0.05) is 24.7 Å². The van der Waals surface area contributed by atoms with Gasteiger partial charge in [0.15, 0.2) is 5.17 Å². The Labute approximate surface area is 222 Å². The Morgan fingerprint density at radius 3 is 2.58 bits per heavy atom. The lowest BCUT2D eigenvalue weighted by molar-refractivity contribution is -0.137. The van der Waals surface area contributed by atoms with Gasteiger partial charge in [0.25, 0.3) is 0 Å². The second kappa shape index (κ2) is 12.2. The number of aryl methyl sites for hydroxylation is 1. The van der Waals surface area contributed by atoms with Crippen LogP contribution in [0.1, 0.15) is 24.0 Å². The van der Waals surface area contributed by atoms with Crippen molar-refractivity contribution in [1.29, 1.82) is 0 Å². The van der Waals surface area contributed by atoms with Crippen LogP contribution < -0.4 is 10.1 Å². The molecule has 1 saturated heterocycles. The Hall–Kier alpha value is -3.79. The number of amides is 2. The number of rotatable bonds is 8. The van der Waals surface area contributed by atoms with Crippen molar-refractivity contribution >= 4 is 40.1 Å². The van der Waals surface area contributed by atoms with Crippen LogP contribution in [0.4, 0.5) is 24.5 Å². The number of hydrogen-bond donors (Lipinski definition) is 1. The minimum absolute atomic E-state index is 0.0528. The van der Waals surface area contributed by atoms with E-state index in [1.165, 1.54) is 24.1 Å². The summed E-state index contributed by atoms with van der Waals surface area (Å²) in [4.78, 5) is 32.1. The second-order valence-electron chi connectivity index (χ2n) is 8.61. The van der Waals surface area contributed by atoms with Crippen LogP contribution in [-0.2, 0) is 22.2 Å². The Morgan fingerprint density at radius 1 is 1.08 bits per heavy atom. The molecule has 198 valence electrons. The number of halogens is 3. The Morgan fingerprint density at radius 2 is 1.84 bits per heavy atom. The molecule has 0 saturated carbocycles. The van der Waals surface area contributed by atoms with Crippen molar-refractivity contribution < 1.29 is 27.5 Å². The number of alkyl halides is 3. The van der Waals surface area contributed by atoms with Gasteiger partial charge in [0.05, 0.1) is 18.4 Å².